The topological polar surface area (TPSA) is 98.7 Å². The summed E-state index contributed by atoms with van der Waals surface area (Å²) in [5.41, 5.74) is 2.93. The van der Waals surface area contributed by atoms with Crippen LogP contribution in [0.4, 0.5) is 22.0 Å². The Morgan fingerprint density at radius 1 is 1.15 bits per heavy atom. The second-order valence-electron chi connectivity index (χ2n) is 8.66. The third-order valence-electron chi connectivity index (χ3n) is 6.40. The maximum absolute atomic E-state index is 12.9. The van der Waals surface area contributed by atoms with Crippen molar-refractivity contribution in [1.82, 2.24) is 14.9 Å². The van der Waals surface area contributed by atoms with Gasteiger partial charge in [-0.15, -0.1) is 0 Å². The lowest BCUT2D eigenvalue weighted by atomic mass is 10.0. The molecule has 9 heteroatoms. The quantitative estimate of drug-likeness (QED) is 0.455. The molecule has 5 rings (SSSR count). The van der Waals surface area contributed by atoms with Crippen LogP contribution in [0, 0.1) is 5.92 Å². The number of hydrogen-bond donors (Lipinski definition) is 2. The van der Waals surface area contributed by atoms with E-state index < -0.39 is 6.09 Å². The van der Waals surface area contributed by atoms with E-state index in [1.54, 1.807) is 19.4 Å². The van der Waals surface area contributed by atoms with E-state index in [4.69, 9.17) is 0 Å². The van der Waals surface area contributed by atoms with Gasteiger partial charge in [-0.3, -0.25) is 9.78 Å². The molecule has 2 aliphatic rings. The van der Waals surface area contributed by atoms with Gasteiger partial charge in [0, 0.05) is 42.1 Å². The molecular weight excluding hydrogens is 486 g/mol. The van der Waals surface area contributed by atoms with E-state index in [0.717, 1.165) is 58.4 Å². The number of carbonyl (C=O) groups excluding carboxylic acids is 1. The first-order valence-corrected chi connectivity index (χ1v) is 11.8. The highest BCUT2D eigenvalue weighted by atomic mass is 79.9. The van der Waals surface area contributed by atoms with Crippen LogP contribution in [0.5, 0.6) is 0 Å². The summed E-state index contributed by atoms with van der Waals surface area (Å²) in [4.78, 5) is 36.7. The summed E-state index contributed by atoms with van der Waals surface area (Å²) in [6.07, 6.45) is 5.14. The molecule has 33 heavy (non-hydrogen) atoms. The van der Waals surface area contributed by atoms with E-state index in [-0.39, 0.29) is 17.7 Å². The first-order chi connectivity index (χ1) is 15.9. The summed E-state index contributed by atoms with van der Waals surface area (Å²) in [7, 11) is 1.61. The molecule has 1 saturated carbocycles. The van der Waals surface area contributed by atoms with Crippen LogP contribution < -0.4 is 10.2 Å². The van der Waals surface area contributed by atoms with E-state index in [2.05, 4.69) is 36.1 Å². The Labute approximate surface area is 199 Å². The lowest BCUT2D eigenvalue weighted by Crippen LogP contribution is -2.38. The molecule has 0 bridgehead atoms. The normalized spacial score (nSPS) is 17.9. The Kier molecular flexibility index (Phi) is 5.65. The average molecular weight is 510 g/mol. The van der Waals surface area contributed by atoms with Crippen molar-refractivity contribution in [3.05, 3.63) is 52.8 Å². The Bertz CT molecular complexity index is 1230. The number of hydrogen-bond acceptors (Lipinski definition) is 6. The molecule has 3 aromatic rings. The van der Waals surface area contributed by atoms with E-state index in [1.807, 2.05) is 30.3 Å². The molecule has 1 aromatic carbocycles. The highest BCUT2D eigenvalue weighted by Gasteiger charge is 2.33. The second kappa shape index (κ2) is 8.62. The zero-order valence-corrected chi connectivity index (χ0v) is 19.7. The molecule has 1 aliphatic heterocycles. The van der Waals surface area contributed by atoms with Gasteiger partial charge in [0.2, 0.25) is 0 Å². The summed E-state index contributed by atoms with van der Waals surface area (Å²) >= 11 is 3.53. The first kappa shape index (κ1) is 21.6. The fourth-order valence-corrected chi connectivity index (χ4v) is 4.63. The molecule has 3 heterocycles. The highest BCUT2D eigenvalue weighted by molar-refractivity contribution is 9.10. The molecule has 1 amide bonds. The van der Waals surface area contributed by atoms with Gasteiger partial charge in [-0.05, 0) is 49.6 Å². The Morgan fingerprint density at radius 3 is 2.67 bits per heavy atom. The zero-order valence-electron chi connectivity index (χ0n) is 18.2. The van der Waals surface area contributed by atoms with Crippen molar-refractivity contribution in [2.75, 3.05) is 30.4 Å². The predicted octanol–water partition coefficient (Wildman–Crippen LogP) is 4.92. The monoisotopic (exact) mass is 509 g/mol. The minimum atomic E-state index is -0.915. The van der Waals surface area contributed by atoms with Crippen LogP contribution in [-0.4, -0.2) is 58.0 Å². The van der Waals surface area contributed by atoms with Crippen molar-refractivity contribution in [2.45, 2.75) is 25.3 Å². The third-order valence-corrected chi connectivity index (χ3v) is 6.89. The van der Waals surface area contributed by atoms with Gasteiger partial charge in [-0.2, -0.15) is 0 Å². The van der Waals surface area contributed by atoms with Crippen LogP contribution in [0.15, 0.2) is 47.2 Å². The fraction of sp³-hybridized carbons (Fsp3) is 0.333. The van der Waals surface area contributed by atoms with Gasteiger partial charge in [0.15, 0.2) is 5.78 Å². The molecule has 8 nitrogen and oxygen atoms in total. The predicted molar refractivity (Wildman–Crippen MR) is 130 cm³/mol. The number of fused-ring (bicyclic) bond motifs is 1. The number of aromatic nitrogens is 2. The standard InChI is InChI=1S/C24H24BrN5O3/c1-29(24(32)33)17-8-9-30(13-17)21-7-5-16(11-27-21)28-22-18-10-15(25)4-6-20(18)26-12-19(22)23(31)14-2-3-14/h4-7,10-12,14,17H,2-3,8-9,13H2,1H3,(H,26,28)(H,32,33). The number of benzene rings is 1. The molecule has 170 valence electrons. The number of halogens is 1. The zero-order chi connectivity index (χ0) is 23.1. The average Bonchev–Trinajstić information content (AvgIpc) is 3.55. The lowest BCUT2D eigenvalue weighted by Gasteiger charge is -2.22. The molecular formula is C24H24BrN5O3. The molecule has 1 aliphatic carbocycles. The number of rotatable bonds is 6. The first-order valence-electron chi connectivity index (χ1n) is 11.0. The number of pyridine rings is 2. The maximum Gasteiger partial charge on any atom is 0.407 e. The second-order valence-corrected chi connectivity index (χ2v) is 9.57. The lowest BCUT2D eigenvalue weighted by molar-refractivity contribution is 0.0968. The Morgan fingerprint density at radius 2 is 1.97 bits per heavy atom. The molecule has 2 aromatic heterocycles. The van der Waals surface area contributed by atoms with Crippen molar-refractivity contribution in [3.8, 4) is 0 Å². The van der Waals surface area contributed by atoms with Crippen LogP contribution in [0.2, 0.25) is 0 Å². The van der Waals surface area contributed by atoms with Gasteiger partial charge in [0.25, 0.3) is 0 Å². The van der Waals surface area contributed by atoms with E-state index in [1.165, 1.54) is 4.90 Å². The molecule has 1 unspecified atom stereocenters. The fourth-order valence-electron chi connectivity index (χ4n) is 4.27. The minimum absolute atomic E-state index is 0.0419. The van der Waals surface area contributed by atoms with Gasteiger partial charge >= 0.3 is 6.09 Å². The number of nitrogens with one attached hydrogen (secondary N) is 1. The maximum atomic E-state index is 12.9. The number of likely N-dealkylation sites (N-methyl/N-ethyl adjacent to an activating group) is 1. The number of nitrogens with zero attached hydrogens (tertiary/aromatic N) is 4. The number of anilines is 3. The van der Waals surface area contributed by atoms with Crippen LogP contribution >= 0.6 is 15.9 Å². The molecule has 0 radical (unpaired) electrons. The highest BCUT2D eigenvalue weighted by Crippen LogP contribution is 2.38. The van der Waals surface area contributed by atoms with Crippen molar-refractivity contribution >= 4 is 55.9 Å². The van der Waals surface area contributed by atoms with E-state index in [9.17, 15) is 14.7 Å². The van der Waals surface area contributed by atoms with Crippen molar-refractivity contribution in [1.29, 1.82) is 0 Å². The molecule has 1 saturated heterocycles. The van der Waals surface area contributed by atoms with Crippen LogP contribution in [-0.2, 0) is 0 Å². The largest absolute Gasteiger partial charge is 0.465 e. The smallest absolute Gasteiger partial charge is 0.407 e. The van der Waals surface area contributed by atoms with Gasteiger partial charge < -0.3 is 20.2 Å². The molecule has 2 N–H and O–H groups in total. The number of carbonyl (C=O) groups is 2. The minimum Gasteiger partial charge on any atom is -0.465 e. The Hall–Kier alpha value is -3.20. The molecule has 1 atom stereocenters. The van der Waals surface area contributed by atoms with Crippen LogP contribution in [0.3, 0.4) is 0 Å². The van der Waals surface area contributed by atoms with Gasteiger partial charge in [-0.1, -0.05) is 15.9 Å². The van der Waals surface area contributed by atoms with Gasteiger partial charge in [-0.25, -0.2) is 9.78 Å². The summed E-state index contributed by atoms with van der Waals surface area (Å²) in [5.74, 6) is 1.02. The van der Waals surface area contributed by atoms with Crippen LogP contribution in [0.25, 0.3) is 10.9 Å². The number of Topliss-reactive ketones (excluding diaryl/α,β-unsaturated/α-hetero) is 1. The van der Waals surface area contributed by atoms with Crippen LogP contribution in [0.1, 0.15) is 29.6 Å². The van der Waals surface area contributed by atoms with E-state index in [0.29, 0.717) is 12.1 Å². The van der Waals surface area contributed by atoms with Gasteiger partial charge in [0.1, 0.15) is 5.82 Å². The van der Waals surface area contributed by atoms with Crippen molar-refractivity contribution < 1.29 is 14.7 Å². The summed E-state index contributed by atoms with van der Waals surface area (Å²) in [5, 5.41) is 13.5. The van der Waals surface area contributed by atoms with E-state index >= 15 is 0 Å². The number of carboxylic acid groups (broad SMARTS) is 1. The summed E-state index contributed by atoms with van der Waals surface area (Å²) in [6, 6.07) is 9.65. The Balaban J connectivity index is 1.41. The third kappa shape index (κ3) is 4.37. The van der Waals surface area contributed by atoms with Crippen molar-refractivity contribution in [3.63, 3.8) is 0 Å². The molecule has 0 spiro atoms. The van der Waals surface area contributed by atoms with Crippen molar-refractivity contribution in [2.24, 2.45) is 5.92 Å². The number of ketones is 1. The summed E-state index contributed by atoms with van der Waals surface area (Å²) < 4.78 is 0.916. The summed E-state index contributed by atoms with van der Waals surface area (Å²) in [6.45, 7) is 1.37. The molecule has 2 fully saturated rings. The SMILES string of the molecule is CN(C(=O)O)C1CCN(c2ccc(Nc3c(C(=O)C4CC4)cnc4ccc(Br)cc34)cn2)C1. The number of amides is 1. The van der Waals surface area contributed by atoms with Gasteiger partial charge in [0.05, 0.1) is 34.7 Å².